The molecule has 0 amide bonds. The second-order valence-corrected chi connectivity index (χ2v) is 3.97. The maximum atomic E-state index is 11.4. The van der Waals surface area contributed by atoms with Gasteiger partial charge >= 0.3 is 5.97 Å². The predicted molar refractivity (Wildman–Crippen MR) is 52.9 cm³/mol. The van der Waals surface area contributed by atoms with E-state index in [0.717, 1.165) is 0 Å². The average Bonchev–Trinajstić information content (AvgIpc) is 2.61. The molecule has 0 unspecified atom stereocenters. The van der Waals surface area contributed by atoms with Crippen LogP contribution in [0.5, 0.6) is 0 Å². The van der Waals surface area contributed by atoms with E-state index in [1.807, 2.05) is 0 Å². The number of rotatable bonds is 3. The Bertz CT molecular complexity index is 401. The Balaban J connectivity index is 2.55. The number of nitriles is 1. The number of ether oxygens (including phenoxy) is 1. The Morgan fingerprint density at radius 3 is 2.87 bits per heavy atom. The highest BCUT2D eigenvalue weighted by Gasteiger charge is 2.20. The zero-order valence-electron chi connectivity index (χ0n) is 9.02. The van der Waals surface area contributed by atoms with Crippen LogP contribution in [0.2, 0.25) is 0 Å². The van der Waals surface area contributed by atoms with Crippen molar-refractivity contribution in [3.8, 4) is 6.07 Å². The van der Waals surface area contributed by atoms with Crippen molar-refractivity contribution < 1.29 is 9.53 Å². The lowest BCUT2D eigenvalue weighted by Crippen LogP contribution is -2.19. The number of aryl methyl sites for hydroxylation is 1. The molecule has 0 aliphatic rings. The van der Waals surface area contributed by atoms with Gasteiger partial charge in [0.15, 0.2) is 0 Å². The Morgan fingerprint density at radius 2 is 2.40 bits per heavy atom. The maximum Gasteiger partial charge on any atom is 0.341 e. The largest absolute Gasteiger partial charge is 0.460 e. The number of carbonyl (C=O) groups is 1. The number of esters is 1. The molecule has 0 aromatic carbocycles. The van der Waals surface area contributed by atoms with Crippen LogP contribution in [-0.4, -0.2) is 22.4 Å². The van der Waals surface area contributed by atoms with Gasteiger partial charge in [-0.25, -0.2) is 4.79 Å². The number of hydrogen-bond donors (Lipinski definition) is 0. The quantitative estimate of drug-likeness (QED) is 0.696. The minimum absolute atomic E-state index is 0.0806. The first-order valence-corrected chi connectivity index (χ1v) is 4.52. The highest BCUT2D eigenvalue weighted by atomic mass is 16.5. The van der Waals surface area contributed by atoms with Crippen molar-refractivity contribution >= 4 is 5.97 Å². The second-order valence-electron chi connectivity index (χ2n) is 3.97. The number of aromatic nitrogens is 2. The van der Waals surface area contributed by atoms with Crippen LogP contribution >= 0.6 is 0 Å². The first-order valence-electron chi connectivity index (χ1n) is 4.52. The second kappa shape index (κ2) is 4.13. The van der Waals surface area contributed by atoms with E-state index in [1.54, 1.807) is 27.1 Å². The topological polar surface area (TPSA) is 67.9 Å². The summed E-state index contributed by atoms with van der Waals surface area (Å²) in [4.78, 5) is 11.4. The minimum atomic E-state index is -0.655. The van der Waals surface area contributed by atoms with Crippen LogP contribution in [0, 0.1) is 16.7 Å². The molecule has 0 spiro atoms. The van der Waals surface area contributed by atoms with E-state index in [2.05, 4.69) is 11.2 Å². The molecule has 15 heavy (non-hydrogen) atoms. The van der Waals surface area contributed by atoms with Gasteiger partial charge in [-0.2, -0.15) is 10.4 Å². The molecule has 0 aliphatic carbocycles. The fourth-order valence-electron chi connectivity index (χ4n) is 0.888. The molecule has 5 nitrogen and oxygen atoms in total. The van der Waals surface area contributed by atoms with Gasteiger partial charge in [-0.1, -0.05) is 0 Å². The van der Waals surface area contributed by atoms with Crippen molar-refractivity contribution in [1.29, 1.82) is 5.26 Å². The van der Waals surface area contributed by atoms with Gasteiger partial charge < -0.3 is 4.74 Å². The van der Waals surface area contributed by atoms with E-state index in [-0.39, 0.29) is 6.61 Å². The van der Waals surface area contributed by atoms with E-state index in [9.17, 15) is 4.79 Å². The lowest BCUT2D eigenvalue weighted by Gasteiger charge is -2.14. The van der Waals surface area contributed by atoms with Crippen LogP contribution in [0.15, 0.2) is 12.4 Å². The Kier molecular flexibility index (Phi) is 3.10. The monoisotopic (exact) mass is 207 g/mol. The third kappa shape index (κ3) is 3.09. The van der Waals surface area contributed by atoms with Crippen molar-refractivity contribution in [2.45, 2.75) is 13.8 Å². The summed E-state index contributed by atoms with van der Waals surface area (Å²) < 4.78 is 6.50. The van der Waals surface area contributed by atoms with Crippen LogP contribution in [0.25, 0.3) is 0 Å². The highest BCUT2D eigenvalue weighted by Crippen LogP contribution is 2.14. The third-order valence-corrected chi connectivity index (χ3v) is 1.81. The summed E-state index contributed by atoms with van der Waals surface area (Å²) in [6, 6.07) is 2.06. The molecule has 1 rings (SSSR count). The van der Waals surface area contributed by atoms with Crippen molar-refractivity contribution in [3.05, 3.63) is 18.0 Å². The summed E-state index contributed by atoms with van der Waals surface area (Å²) in [6.45, 7) is 3.50. The van der Waals surface area contributed by atoms with Crippen LogP contribution in [0.3, 0.4) is 0 Å². The number of hydrogen-bond acceptors (Lipinski definition) is 4. The van der Waals surface area contributed by atoms with Gasteiger partial charge in [-0.05, 0) is 13.8 Å². The smallest absolute Gasteiger partial charge is 0.341 e. The first-order chi connectivity index (χ1) is 6.94. The summed E-state index contributed by atoms with van der Waals surface area (Å²) in [5.74, 6) is -0.452. The molecule has 0 radical (unpaired) electrons. The Hall–Kier alpha value is -1.83. The molecular formula is C10H13N3O2. The summed E-state index contributed by atoms with van der Waals surface area (Å²) in [7, 11) is 1.72. The number of nitrogens with zero attached hydrogens (tertiary/aromatic N) is 3. The molecule has 0 atom stereocenters. The molecule has 80 valence electrons. The van der Waals surface area contributed by atoms with Gasteiger partial charge in [-0.3, -0.25) is 4.68 Å². The lowest BCUT2D eigenvalue weighted by atomic mass is 9.98. The van der Waals surface area contributed by atoms with Crippen molar-refractivity contribution in [3.63, 3.8) is 0 Å². The summed E-state index contributed by atoms with van der Waals surface area (Å²) >= 11 is 0. The van der Waals surface area contributed by atoms with Gasteiger partial charge in [-0.15, -0.1) is 0 Å². The summed E-state index contributed by atoms with van der Waals surface area (Å²) in [5, 5.41) is 12.6. The Labute approximate surface area is 88.3 Å². The molecule has 1 heterocycles. The molecule has 0 bridgehead atoms. The summed E-state index contributed by atoms with van der Waals surface area (Å²) in [6.07, 6.45) is 3.00. The normalized spacial score (nSPS) is 10.8. The van der Waals surface area contributed by atoms with E-state index in [1.165, 1.54) is 10.9 Å². The fourth-order valence-corrected chi connectivity index (χ4v) is 0.888. The highest BCUT2D eigenvalue weighted by molar-refractivity contribution is 5.88. The fraction of sp³-hybridized carbons (Fsp3) is 0.500. The minimum Gasteiger partial charge on any atom is -0.460 e. The predicted octanol–water partition coefficient (Wildman–Crippen LogP) is 1.13. The van der Waals surface area contributed by atoms with Gasteiger partial charge in [0.05, 0.1) is 23.2 Å². The molecule has 0 saturated heterocycles. The molecule has 1 aromatic heterocycles. The summed E-state index contributed by atoms with van der Waals surface area (Å²) in [5.41, 5.74) is -0.260. The van der Waals surface area contributed by atoms with Crippen LogP contribution < -0.4 is 0 Å². The number of carbonyl (C=O) groups excluding carboxylic acids is 1. The molecular weight excluding hydrogens is 194 g/mol. The maximum absolute atomic E-state index is 11.4. The zero-order chi connectivity index (χ0) is 11.5. The van der Waals surface area contributed by atoms with Crippen LogP contribution in [-0.2, 0) is 11.8 Å². The van der Waals surface area contributed by atoms with Crippen LogP contribution in [0.1, 0.15) is 24.2 Å². The van der Waals surface area contributed by atoms with E-state index < -0.39 is 11.4 Å². The molecule has 0 aliphatic heterocycles. The lowest BCUT2D eigenvalue weighted by molar-refractivity contribution is 0.0407. The van der Waals surface area contributed by atoms with Gasteiger partial charge in [0, 0.05) is 13.2 Å². The average molecular weight is 207 g/mol. The van der Waals surface area contributed by atoms with Gasteiger partial charge in [0.1, 0.15) is 6.61 Å². The molecule has 1 aromatic rings. The SMILES string of the molecule is Cn1cc(C(=O)OCC(C)(C)C#N)cn1. The van der Waals surface area contributed by atoms with E-state index >= 15 is 0 Å². The first kappa shape index (κ1) is 11.2. The molecule has 0 saturated carbocycles. The molecule has 5 heteroatoms. The molecule has 0 fully saturated rings. The zero-order valence-corrected chi connectivity index (χ0v) is 9.02. The van der Waals surface area contributed by atoms with E-state index in [0.29, 0.717) is 5.56 Å². The van der Waals surface area contributed by atoms with Gasteiger partial charge in [0.25, 0.3) is 0 Å². The Morgan fingerprint density at radius 1 is 1.73 bits per heavy atom. The van der Waals surface area contributed by atoms with Crippen molar-refractivity contribution in [1.82, 2.24) is 9.78 Å². The van der Waals surface area contributed by atoms with Crippen molar-refractivity contribution in [2.24, 2.45) is 12.5 Å². The molecule has 0 N–H and O–H groups in total. The van der Waals surface area contributed by atoms with Crippen LogP contribution in [0.4, 0.5) is 0 Å². The third-order valence-electron chi connectivity index (χ3n) is 1.81. The van der Waals surface area contributed by atoms with Crippen molar-refractivity contribution in [2.75, 3.05) is 6.61 Å². The van der Waals surface area contributed by atoms with Gasteiger partial charge in [0.2, 0.25) is 0 Å². The van der Waals surface area contributed by atoms with E-state index in [4.69, 9.17) is 10.00 Å². The standard InChI is InChI=1S/C10H13N3O2/c1-10(2,6-11)7-15-9(14)8-4-12-13(3)5-8/h4-5H,7H2,1-3H3.